The van der Waals surface area contributed by atoms with Crippen molar-refractivity contribution in [1.29, 1.82) is 0 Å². The first-order valence-electron chi connectivity index (χ1n) is 6.63. The van der Waals surface area contributed by atoms with Crippen molar-refractivity contribution in [2.45, 2.75) is 51.2 Å². The van der Waals surface area contributed by atoms with Crippen LogP contribution in [0.1, 0.15) is 50.2 Å². The predicted octanol–water partition coefficient (Wildman–Crippen LogP) is 2.81. The number of rotatable bonds is 6. The van der Waals surface area contributed by atoms with Crippen LogP contribution >= 0.6 is 0 Å². The lowest BCUT2D eigenvalue weighted by atomic mass is 10.0. The number of hydrogen-bond donors (Lipinski definition) is 2. The summed E-state index contributed by atoms with van der Waals surface area (Å²) in [6.07, 6.45) is 3.49. The smallest absolute Gasteiger partial charge is 0.0741 e. The van der Waals surface area contributed by atoms with Gasteiger partial charge in [-0.15, -0.1) is 0 Å². The monoisotopic (exact) mass is 233 g/mol. The molecule has 0 aromatic heterocycles. The second-order valence-electron chi connectivity index (χ2n) is 5.47. The highest BCUT2D eigenvalue weighted by Crippen LogP contribution is 2.39. The van der Waals surface area contributed by atoms with Crippen molar-refractivity contribution in [3.63, 3.8) is 0 Å². The molecule has 0 bridgehead atoms. The Labute approximate surface area is 104 Å². The van der Waals surface area contributed by atoms with Gasteiger partial charge in [-0.1, -0.05) is 31.2 Å². The summed E-state index contributed by atoms with van der Waals surface area (Å²) in [6.45, 7) is 5.36. The highest BCUT2D eigenvalue weighted by molar-refractivity contribution is 5.27. The quantitative estimate of drug-likeness (QED) is 0.792. The Morgan fingerprint density at radius 1 is 1.29 bits per heavy atom. The summed E-state index contributed by atoms with van der Waals surface area (Å²) in [7, 11) is 0. The lowest BCUT2D eigenvalue weighted by Crippen LogP contribution is -2.36. The van der Waals surface area contributed by atoms with E-state index in [9.17, 15) is 5.11 Å². The van der Waals surface area contributed by atoms with E-state index in [1.54, 1.807) is 0 Å². The van der Waals surface area contributed by atoms with E-state index in [2.05, 4.69) is 29.6 Å². The van der Waals surface area contributed by atoms with Gasteiger partial charge in [0.05, 0.1) is 5.60 Å². The van der Waals surface area contributed by atoms with Crippen LogP contribution in [0, 0.1) is 0 Å². The fraction of sp³-hybridized carbons (Fsp3) is 0.600. The van der Waals surface area contributed by atoms with Crippen LogP contribution < -0.4 is 5.32 Å². The van der Waals surface area contributed by atoms with E-state index in [1.807, 2.05) is 13.8 Å². The summed E-state index contributed by atoms with van der Waals surface area (Å²) in [4.78, 5) is 0. The van der Waals surface area contributed by atoms with Crippen LogP contribution in [0.3, 0.4) is 0 Å². The summed E-state index contributed by atoms with van der Waals surface area (Å²) in [6, 6.07) is 8.88. The Morgan fingerprint density at radius 2 is 1.94 bits per heavy atom. The van der Waals surface area contributed by atoms with E-state index < -0.39 is 5.60 Å². The zero-order chi connectivity index (χ0) is 12.3. The number of nitrogens with one attached hydrogen (secondary N) is 1. The standard InChI is InChI=1S/C15H23NO/c1-3-15(2,17)11-16-10-12-4-6-13(7-5-12)14-8-9-14/h4-7,14,16-17H,3,8-11H2,1-2H3. The van der Waals surface area contributed by atoms with Gasteiger partial charge in [0.2, 0.25) is 0 Å². The largest absolute Gasteiger partial charge is 0.389 e. The van der Waals surface area contributed by atoms with E-state index in [-0.39, 0.29) is 0 Å². The van der Waals surface area contributed by atoms with Crippen molar-refractivity contribution < 1.29 is 5.11 Å². The van der Waals surface area contributed by atoms with Crippen LogP contribution in [-0.4, -0.2) is 17.3 Å². The molecule has 0 saturated heterocycles. The fourth-order valence-electron chi connectivity index (χ4n) is 1.93. The molecule has 0 amide bonds. The van der Waals surface area contributed by atoms with Crippen molar-refractivity contribution in [3.05, 3.63) is 35.4 Å². The topological polar surface area (TPSA) is 32.3 Å². The Bertz CT molecular complexity index is 352. The van der Waals surface area contributed by atoms with Crippen molar-refractivity contribution >= 4 is 0 Å². The second-order valence-corrected chi connectivity index (χ2v) is 5.47. The summed E-state index contributed by atoms with van der Waals surface area (Å²) < 4.78 is 0. The van der Waals surface area contributed by atoms with E-state index in [4.69, 9.17) is 0 Å². The van der Waals surface area contributed by atoms with Gasteiger partial charge in [-0.3, -0.25) is 0 Å². The van der Waals surface area contributed by atoms with Crippen LogP contribution in [0.15, 0.2) is 24.3 Å². The molecule has 1 unspecified atom stereocenters. The third-order valence-corrected chi connectivity index (χ3v) is 3.63. The van der Waals surface area contributed by atoms with Crippen LogP contribution in [0.25, 0.3) is 0 Å². The van der Waals surface area contributed by atoms with Crippen LogP contribution in [-0.2, 0) is 6.54 Å². The van der Waals surface area contributed by atoms with Crippen molar-refractivity contribution in [3.8, 4) is 0 Å². The van der Waals surface area contributed by atoms with E-state index in [0.717, 1.165) is 18.9 Å². The van der Waals surface area contributed by atoms with Gasteiger partial charge in [-0.2, -0.15) is 0 Å². The average Bonchev–Trinajstić information content (AvgIpc) is 3.14. The van der Waals surface area contributed by atoms with Gasteiger partial charge in [0.15, 0.2) is 0 Å². The van der Waals surface area contributed by atoms with Gasteiger partial charge >= 0.3 is 0 Å². The minimum atomic E-state index is -0.589. The van der Waals surface area contributed by atoms with Gasteiger partial charge < -0.3 is 10.4 Å². The molecule has 2 rings (SSSR count). The summed E-state index contributed by atoms with van der Waals surface area (Å²) in [5, 5.41) is 13.2. The van der Waals surface area contributed by atoms with Gasteiger partial charge in [0.1, 0.15) is 0 Å². The molecule has 2 heteroatoms. The molecule has 0 spiro atoms. The highest BCUT2D eigenvalue weighted by atomic mass is 16.3. The molecule has 0 aliphatic heterocycles. The predicted molar refractivity (Wildman–Crippen MR) is 71.0 cm³/mol. The molecule has 0 radical (unpaired) electrons. The summed E-state index contributed by atoms with van der Waals surface area (Å²) in [5.74, 6) is 0.831. The number of aliphatic hydroxyl groups is 1. The molecule has 2 N–H and O–H groups in total. The first kappa shape index (κ1) is 12.6. The first-order chi connectivity index (χ1) is 8.11. The van der Waals surface area contributed by atoms with Gasteiger partial charge in [-0.05, 0) is 43.2 Å². The fourth-order valence-corrected chi connectivity index (χ4v) is 1.93. The van der Waals surface area contributed by atoms with Crippen LogP contribution in [0.2, 0.25) is 0 Å². The molecule has 2 nitrogen and oxygen atoms in total. The molecule has 0 heterocycles. The lowest BCUT2D eigenvalue weighted by molar-refractivity contribution is 0.0555. The van der Waals surface area contributed by atoms with Crippen molar-refractivity contribution in [1.82, 2.24) is 5.32 Å². The van der Waals surface area contributed by atoms with E-state index >= 15 is 0 Å². The molecule has 1 aliphatic carbocycles. The van der Waals surface area contributed by atoms with Gasteiger partial charge in [-0.25, -0.2) is 0 Å². The Morgan fingerprint density at radius 3 is 2.47 bits per heavy atom. The maximum absolute atomic E-state index is 9.86. The number of hydrogen-bond acceptors (Lipinski definition) is 2. The maximum atomic E-state index is 9.86. The molecule has 1 aromatic rings. The SMILES string of the molecule is CCC(C)(O)CNCc1ccc(C2CC2)cc1. The van der Waals surface area contributed by atoms with Crippen LogP contribution in [0.4, 0.5) is 0 Å². The third kappa shape index (κ3) is 3.83. The zero-order valence-corrected chi connectivity index (χ0v) is 10.9. The van der Waals surface area contributed by atoms with Crippen molar-refractivity contribution in [2.75, 3.05) is 6.54 Å². The van der Waals surface area contributed by atoms with E-state index in [0.29, 0.717) is 6.54 Å². The first-order valence-corrected chi connectivity index (χ1v) is 6.63. The zero-order valence-electron chi connectivity index (χ0n) is 10.9. The Balaban J connectivity index is 1.78. The minimum Gasteiger partial charge on any atom is -0.389 e. The van der Waals surface area contributed by atoms with Gasteiger partial charge in [0, 0.05) is 13.1 Å². The molecule has 1 aromatic carbocycles. The maximum Gasteiger partial charge on any atom is 0.0741 e. The molecule has 1 atom stereocenters. The normalized spacial score (nSPS) is 19.0. The van der Waals surface area contributed by atoms with Crippen molar-refractivity contribution in [2.24, 2.45) is 0 Å². The molecular formula is C15H23NO. The summed E-state index contributed by atoms with van der Waals surface area (Å²) in [5.41, 5.74) is 2.18. The molecule has 94 valence electrons. The lowest BCUT2D eigenvalue weighted by Gasteiger charge is -2.21. The molecule has 1 aliphatic rings. The third-order valence-electron chi connectivity index (χ3n) is 3.63. The Hall–Kier alpha value is -0.860. The minimum absolute atomic E-state index is 0.589. The molecule has 1 fully saturated rings. The number of benzene rings is 1. The second kappa shape index (κ2) is 5.19. The van der Waals surface area contributed by atoms with E-state index in [1.165, 1.54) is 24.0 Å². The molecular weight excluding hydrogens is 210 g/mol. The average molecular weight is 233 g/mol. The molecule has 17 heavy (non-hydrogen) atoms. The van der Waals surface area contributed by atoms with Crippen LogP contribution in [0.5, 0.6) is 0 Å². The highest BCUT2D eigenvalue weighted by Gasteiger charge is 2.22. The van der Waals surface area contributed by atoms with Gasteiger partial charge in [0.25, 0.3) is 0 Å². The summed E-state index contributed by atoms with van der Waals surface area (Å²) >= 11 is 0. The Kier molecular flexibility index (Phi) is 3.85. The molecule has 1 saturated carbocycles.